The molecule has 0 saturated carbocycles. The summed E-state index contributed by atoms with van der Waals surface area (Å²) in [6.07, 6.45) is 1.13. The van der Waals surface area contributed by atoms with E-state index >= 15 is 0 Å². The molecule has 7 heteroatoms. The van der Waals surface area contributed by atoms with Crippen LogP contribution in [0.1, 0.15) is 27.9 Å². The lowest BCUT2D eigenvalue weighted by molar-refractivity contribution is 0.0996. The minimum atomic E-state index is -0.723. The molecule has 0 radical (unpaired) electrons. The number of carbonyl (C=O) groups is 1. The van der Waals surface area contributed by atoms with Crippen molar-refractivity contribution in [3.63, 3.8) is 0 Å². The van der Waals surface area contributed by atoms with Gasteiger partial charge in [0.15, 0.2) is 0 Å². The molecule has 3 aromatic rings. The van der Waals surface area contributed by atoms with Crippen LogP contribution < -0.4 is 20.5 Å². The molecule has 180 valence electrons. The van der Waals surface area contributed by atoms with Crippen LogP contribution in [0.15, 0.2) is 72.8 Å². The molecule has 0 saturated heterocycles. The summed E-state index contributed by atoms with van der Waals surface area (Å²) in [7, 11) is 1.64. The van der Waals surface area contributed by atoms with Gasteiger partial charge in [-0.15, -0.1) is 0 Å². The van der Waals surface area contributed by atoms with Crippen LogP contribution in [0.5, 0.6) is 17.2 Å². The van der Waals surface area contributed by atoms with E-state index in [-0.39, 0.29) is 17.4 Å². The number of aliphatic hydroxyl groups is 1. The number of primary amides is 1. The molecular weight excluding hydrogens is 432 g/mol. The maximum absolute atomic E-state index is 11.6. The molecule has 0 heterocycles. The number of para-hydroxylation sites is 1. The van der Waals surface area contributed by atoms with Crippen LogP contribution >= 0.6 is 0 Å². The van der Waals surface area contributed by atoms with Crippen molar-refractivity contribution >= 4 is 5.91 Å². The second-order valence-electron chi connectivity index (χ2n) is 8.14. The van der Waals surface area contributed by atoms with Crippen molar-refractivity contribution in [1.29, 1.82) is 0 Å². The Morgan fingerprint density at radius 1 is 1.03 bits per heavy atom. The molecule has 0 spiro atoms. The van der Waals surface area contributed by atoms with E-state index in [1.54, 1.807) is 13.2 Å². The number of carbonyl (C=O) groups excluding carboxylic acids is 1. The van der Waals surface area contributed by atoms with Crippen LogP contribution in [-0.2, 0) is 12.8 Å². The van der Waals surface area contributed by atoms with E-state index < -0.39 is 12.0 Å². The highest BCUT2D eigenvalue weighted by atomic mass is 16.5. The SMILES string of the molecule is COc1ccccc1CCC(O)CNCC(Cc1ccccc1)Oc1ccc(O)c(C(N)=O)c1. The number of aromatic hydroxyl groups is 1. The Balaban J connectivity index is 1.58. The van der Waals surface area contributed by atoms with Crippen LogP contribution in [0.4, 0.5) is 0 Å². The number of amides is 1. The van der Waals surface area contributed by atoms with E-state index in [1.807, 2.05) is 54.6 Å². The van der Waals surface area contributed by atoms with E-state index in [2.05, 4.69) is 5.32 Å². The number of aliphatic hydroxyl groups excluding tert-OH is 1. The van der Waals surface area contributed by atoms with Gasteiger partial charge >= 0.3 is 0 Å². The van der Waals surface area contributed by atoms with Crippen molar-refractivity contribution in [3.8, 4) is 17.2 Å². The zero-order chi connectivity index (χ0) is 24.3. The number of hydrogen-bond acceptors (Lipinski definition) is 6. The fourth-order valence-corrected chi connectivity index (χ4v) is 3.76. The van der Waals surface area contributed by atoms with Gasteiger partial charge in [0.1, 0.15) is 23.4 Å². The Bertz CT molecular complexity index is 1060. The number of rotatable bonds is 13. The predicted molar refractivity (Wildman–Crippen MR) is 131 cm³/mol. The van der Waals surface area contributed by atoms with Gasteiger partial charge in [0.05, 0.1) is 18.8 Å². The molecule has 34 heavy (non-hydrogen) atoms. The fraction of sp³-hybridized carbons (Fsp3) is 0.296. The molecule has 3 aromatic carbocycles. The van der Waals surface area contributed by atoms with E-state index in [0.29, 0.717) is 38.1 Å². The number of aryl methyl sites for hydroxylation is 1. The Morgan fingerprint density at radius 2 is 1.76 bits per heavy atom. The molecule has 3 rings (SSSR count). The lowest BCUT2D eigenvalue weighted by atomic mass is 10.1. The molecule has 0 aromatic heterocycles. The molecule has 0 aliphatic carbocycles. The predicted octanol–water partition coefficient (Wildman–Crippen LogP) is 3.07. The van der Waals surface area contributed by atoms with Crippen molar-refractivity contribution < 1.29 is 24.5 Å². The van der Waals surface area contributed by atoms with Gasteiger partial charge in [-0.1, -0.05) is 48.5 Å². The summed E-state index contributed by atoms with van der Waals surface area (Å²) in [4.78, 5) is 11.6. The maximum Gasteiger partial charge on any atom is 0.252 e. The van der Waals surface area contributed by atoms with Gasteiger partial charge in [0.25, 0.3) is 5.91 Å². The topological polar surface area (TPSA) is 114 Å². The zero-order valence-electron chi connectivity index (χ0n) is 19.3. The number of benzene rings is 3. The smallest absolute Gasteiger partial charge is 0.252 e. The number of hydrogen-bond donors (Lipinski definition) is 4. The van der Waals surface area contributed by atoms with Crippen molar-refractivity contribution in [3.05, 3.63) is 89.5 Å². The third-order valence-electron chi connectivity index (χ3n) is 5.53. The van der Waals surface area contributed by atoms with E-state index in [0.717, 1.165) is 16.9 Å². The molecule has 0 aliphatic heterocycles. The molecule has 0 fully saturated rings. The van der Waals surface area contributed by atoms with Crippen molar-refractivity contribution in [1.82, 2.24) is 5.32 Å². The summed E-state index contributed by atoms with van der Waals surface area (Å²) in [5.74, 6) is 0.351. The molecule has 2 unspecified atom stereocenters. The summed E-state index contributed by atoms with van der Waals surface area (Å²) in [5.41, 5.74) is 7.51. The first kappa shape index (κ1) is 25.1. The van der Waals surface area contributed by atoms with Crippen molar-refractivity contribution in [2.75, 3.05) is 20.2 Å². The van der Waals surface area contributed by atoms with Gasteiger partial charge in [-0.3, -0.25) is 4.79 Å². The normalized spacial score (nSPS) is 12.6. The lowest BCUT2D eigenvalue weighted by Crippen LogP contribution is -2.37. The Kier molecular flexibility index (Phi) is 9.31. The molecule has 5 N–H and O–H groups in total. The average Bonchev–Trinajstić information content (AvgIpc) is 2.84. The first-order chi connectivity index (χ1) is 16.5. The van der Waals surface area contributed by atoms with Crippen LogP contribution in [-0.4, -0.2) is 48.5 Å². The van der Waals surface area contributed by atoms with Gasteiger partial charge in [-0.2, -0.15) is 0 Å². The number of nitrogens with two attached hydrogens (primary N) is 1. The highest BCUT2D eigenvalue weighted by molar-refractivity contribution is 5.95. The maximum atomic E-state index is 11.6. The Hall–Kier alpha value is -3.55. The summed E-state index contributed by atoms with van der Waals surface area (Å²) < 4.78 is 11.5. The van der Waals surface area contributed by atoms with Crippen molar-refractivity contribution in [2.45, 2.75) is 31.5 Å². The monoisotopic (exact) mass is 464 g/mol. The minimum absolute atomic E-state index is 0.00989. The highest BCUT2D eigenvalue weighted by Gasteiger charge is 2.16. The third kappa shape index (κ3) is 7.50. The second-order valence-corrected chi connectivity index (χ2v) is 8.14. The third-order valence-corrected chi connectivity index (χ3v) is 5.53. The van der Waals surface area contributed by atoms with Crippen LogP contribution in [0.3, 0.4) is 0 Å². The Labute approximate surface area is 200 Å². The molecule has 2 atom stereocenters. The van der Waals surface area contributed by atoms with Gasteiger partial charge in [0.2, 0.25) is 0 Å². The number of methoxy groups -OCH3 is 1. The first-order valence-corrected chi connectivity index (χ1v) is 11.3. The number of phenols is 1. The largest absolute Gasteiger partial charge is 0.507 e. The van der Waals surface area contributed by atoms with E-state index in [4.69, 9.17) is 15.2 Å². The lowest BCUT2D eigenvalue weighted by Gasteiger charge is -2.21. The zero-order valence-corrected chi connectivity index (χ0v) is 19.3. The van der Waals surface area contributed by atoms with Gasteiger partial charge in [-0.05, 0) is 48.2 Å². The van der Waals surface area contributed by atoms with Gasteiger partial charge < -0.3 is 30.7 Å². The quantitative estimate of drug-likeness (QED) is 0.309. The molecular formula is C27H32N2O5. The van der Waals surface area contributed by atoms with Crippen LogP contribution in [0, 0.1) is 0 Å². The second kappa shape index (κ2) is 12.6. The first-order valence-electron chi connectivity index (χ1n) is 11.3. The molecule has 1 amide bonds. The van der Waals surface area contributed by atoms with E-state index in [1.165, 1.54) is 12.1 Å². The van der Waals surface area contributed by atoms with Crippen molar-refractivity contribution in [2.24, 2.45) is 5.73 Å². The van der Waals surface area contributed by atoms with Crippen LogP contribution in [0.2, 0.25) is 0 Å². The standard InChI is InChI=1S/C27H32N2O5/c1-33-26-10-6-5-9-20(26)11-12-21(30)17-29-18-23(15-19-7-3-2-4-8-19)34-22-13-14-25(31)24(16-22)27(28)32/h2-10,13-14,16,21,23,29-31H,11-12,15,17-18H2,1H3,(H2,28,32). The van der Waals surface area contributed by atoms with Crippen LogP contribution in [0.25, 0.3) is 0 Å². The van der Waals surface area contributed by atoms with E-state index in [9.17, 15) is 15.0 Å². The molecule has 0 aliphatic rings. The number of nitrogens with one attached hydrogen (secondary N) is 1. The van der Waals surface area contributed by atoms with Gasteiger partial charge in [-0.25, -0.2) is 0 Å². The summed E-state index contributed by atoms with van der Waals surface area (Å²) >= 11 is 0. The molecule has 0 bridgehead atoms. The number of ether oxygens (including phenoxy) is 2. The fourth-order valence-electron chi connectivity index (χ4n) is 3.76. The summed E-state index contributed by atoms with van der Waals surface area (Å²) in [6.45, 7) is 0.888. The van der Waals surface area contributed by atoms with Gasteiger partial charge in [0, 0.05) is 19.5 Å². The average molecular weight is 465 g/mol. The molecule has 7 nitrogen and oxygen atoms in total. The minimum Gasteiger partial charge on any atom is -0.507 e. The summed E-state index contributed by atoms with van der Waals surface area (Å²) in [6, 6.07) is 22.2. The Morgan fingerprint density at radius 3 is 2.50 bits per heavy atom. The highest BCUT2D eigenvalue weighted by Crippen LogP contribution is 2.24. The summed E-state index contributed by atoms with van der Waals surface area (Å²) in [5, 5.41) is 23.6.